The van der Waals surface area contributed by atoms with Gasteiger partial charge in [0.15, 0.2) is 0 Å². The number of hydrogen-bond acceptors (Lipinski definition) is 6. The molecule has 0 N–H and O–H groups in total. The van der Waals surface area contributed by atoms with Crippen molar-refractivity contribution in [2.24, 2.45) is 4.99 Å². The molecule has 7 nitrogen and oxygen atoms in total. The zero-order chi connectivity index (χ0) is 27.0. The quantitative estimate of drug-likeness (QED) is 0.303. The Balaban J connectivity index is 1.39. The fourth-order valence-electron chi connectivity index (χ4n) is 4.96. The van der Waals surface area contributed by atoms with Crippen LogP contribution in [0.25, 0.3) is 6.08 Å². The summed E-state index contributed by atoms with van der Waals surface area (Å²) >= 11 is 0. The second-order valence-corrected chi connectivity index (χ2v) is 9.71. The Kier molecular flexibility index (Phi) is 8.68. The van der Waals surface area contributed by atoms with E-state index in [1.165, 1.54) is 19.3 Å². The SMILES string of the molecule is CCN1OC/C(=C\c2ccc(N(c3ccc(OC)cc3)c3ccc(OC)cc3)cc2)O/C1=N/C1CCCCC1. The molecule has 0 spiro atoms. The van der Waals surface area contributed by atoms with Crippen LogP contribution in [-0.4, -0.2) is 44.5 Å². The maximum absolute atomic E-state index is 6.23. The molecule has 0 unspecified atom stereocenters. The summed E-state index contributed by atoms with van der Waals surface area (Å²) in [6, 6.07) is 25.4. The van der Waals surface area contributed by atoms with Crippen LogP contribution >= 0.6 is 0 Å². The lowest BCUT2D eigenvalue weighted by Crippen LogP contribution is -2.39. The van der Waals surface area contributed by atoms with Gasteiger partial charge in [-0.1, -0.05) is 31.4 Å². The molecule has 2 fully saturated rings. The van der Waals surface area contributed by atoms with Crippen LogP contribution in [0.4, 0.5) is 17.1 Å². The number of ether oxygens (including phenoxy) is 3. The summed E-state index contributed by atoms with van der Waals surface area (Å²) in [5.74, 6) is 2.39. The number of aliphatic imine (C=N–C) groups is 1. The van der Waals surface area contributed by atoms with Crippen molar-refractivity contribution >= 4 is 29.2 Å². The van der Waals surface area contributed by atoms with Crippen molar-refractivity contribution in [3.05, 3.63) is 84.1 Å². The lowest BCUT2D eigenvalue weighted by atomic mass is 9.96. The minimum absolute atomic E-state index is 0.312. The third kappa shape index (κ3) is 6.55. The molecule has 0 radical (unpaired) electrons. The summed E-state index contributed by atoms with van der Waals surface area (Å²) in [6.45, 7) is 3.12. The molecular formula is C32H37N3O4. The molecule has 204 valence electrons. The molecule has 1 saturated carbocycles. The summed E-state index contributed by atoms with van der Waals surface area (Å²) in [6.07, 6.45) is 8.01. The van der Waals surface area contributed by atoms with Gasteiger partial charge in [0, 0.05) is 23.6 Å². The van der Waals surface area contributed by atoms with Gasteiger partial charge in [0.2, 0.25) is 0 Å². The number of rotatable bonds is 8. The van der Waals surface area contributed by atoms with Crippen molar-refractivity contribution in [3.63, 3.8) is 0 Å². The highest BCUT2D eigenvalue weighted by Crippen LogP contribution is 2.36. The summed E-state index contributed by atoms with van der Waals surface area (Å²) < 4.78 is 17.0. The third-order valence-electron chi connectivity index (χ3n) is 7.09. The number of methoxy groups -OCH3 is 2. The van der Waals surface area contributed by atoms with Crippen LogP contribution in [-0.2, 0) is 9.57 Å². The first-order chi connectivity index (χ1) is 19.2. The van der Waals surface area contributed by atoms with Gasteiger partial charge in [-0.2, -0.15) is 0 Å². The molecule has 1 heterocycles. The molecule has 0 bridgehead atoms. The van der Waals surface area contributed by atoms with E-state index in [0.717, 1.165) is 52.7 Å². The van der Waals surface area contributed by atoms with Gasteiger partial charge in [-0.3, -0.25) is 4.84 Å². The molecule has 3 aromatic carbocycles. The number of amidine groups is 1. The Morgan fingerprint density at radius 2 is 1.36 bits per heavy atom. The number of hydroxylamine groups is 2. The third-order valence-corrected chi connectivity index (χ3v) is 7.09. The van der Waals surface area contributed by atoms with Gasteiger partial charge in [0.1, 0.15) is 23.9 Å². The highest BCUT2D eigenvalue weighted by molar-refractivity contribution is 5.78. The number of hydrogen-bond donors (Lipinski definition) is 0. The molecule has 7 heteroatoms. The zero-order valence-electron chi connectivity index (χ0n) is 23.0. The molecule has 5 rings (SSSR count). The molecule has 3 aromatic rings. The second-order valence-electron chi connectivity index (χ2n) is 9.71. The molecule has 1 saturated heterocycles. The molecule has 0 aromatic heterocycles. The van der Waals surface area contributed by atoms with Crippen LogP contribution in [0.5, 0.6) is 11.5 Å². The maximum Gasteiger partial charge on any atom is 0.317 e. The van der Waals surface area contributed by atoms with Gasteiger partial charge in [-0.05, 0) is 92.1 Å². The van der Waals surface area contributed by atoms with Crippen LogP contribution in [0.2, 0.25) is 0 Å². The first kappa shape index (κ1) is 26.6. The van der Waals surface area contributed by atoms with Gasteiger partial charge in [0.05, 0.1) is 20.3 Å². The maximum atomic E-state index is 6.23. The number of anilines is 3. The largest absolute Gasteiger partial charge is 0.497 e. The van der Waals surface area contributed by atoms with E-state index in [4.69, 9.17) is 24.0 Å². The van der Waals surface area contributed by atoms with E-state index in [1.54, 1.807) is 19.3 Å². The van der Waals surface area contributed by atoms with Crippen molar-refractivity contribution in [3.8, 4) is 11.5 Å². The van der Waals surface area contributed by atoms with Crippen molar-refractivity contribution in [1.29, 1.82) is 0 Å². The first-order valence-corrected chi connectivity index (χ1v) is 13.7. The summed E-state index contributed by atoms with van der Waals surface area (Å²) in [5, 5.41) is 1.76. The summed E-state index contributed by atoms with van der Waals surface area (Å²) in [5.41, 5.74) is 4.12. The Labute approximate surface area is 231 Å². The molecular weight excluding hydrogens is 490 g/mol. The smallest absolute Gasteiger partial charge is 0.317 e. The van der Waals surface area contributed by atoms with E-state index in [0.29, 0.717) is 25.2 Å². The molecule has 39 heavy (non-hydrogen) atoms. The van der Waals surface area contributed by atoms with Gasteiger partial charge in [-0.15, -0.1) is 0 Å². The average Bonchev–Trinajstić information content (AvgIpc) is 2.99. The Morgan fingerprint density at radius 1 is 0.821 bits per heavy atom. The van der Waals surface area contributed by atoms with Crippen molar-refractivity contribution in [2.45, 2.75) is 45.1 Å². The Bertz CT molecular complexity index is 1220. The van der Waals surface area contributed by atoms with E-state index in [9.17, 15) is 0 Å². The molecule has 1 aliphatic heterocycles. The highest BCUT2D eigenvalue weighted by Gasteiger charge is 2.24. The minimum atomic E-state index is 0.312. The van der Waals surface area contributed by atoms with Crippen molar-refractivity contribution in [1.82, 2.24) is 5.06 Å². The standard InChI is InChI=1S/C32H37N3O4/c1-4-34-32(33-25-8-6-5-7-9-25)39-31(23-38-34)22-24-10-12-26(13-11-24)35(27-14-18-29(36-2)19-15-27)28-16-20-30(37-3)21-17-28/h10-22,25H,4-9,23H2,1-3H3/b31-22+,33-32+. The van der Waals surface area contributed by atoms with E-state index in [2.05, 4.69) is 53.4 Å². The zero-order valence-corrected chi connectivity index (χ0v) is 23.0. The van der Waals surface area contributed by atoms with Crippen LogP contribution in [0.3, 0.4) is 0 Å². The lowest BCUT2D eigenvalue weighted by molar-refractivity contribution is -0.131. The van der Waals surface area contributed by atoms with Crippen molar-refractivity contribution < 1.29 is 19.0 Å². The van der Waals surface area contributed by atoms with Crippen LogP contribution < -0.4 is 14.4 Å². The summed E-state index contributed by atoms with van der Waals surface area (Å²) in [4.78, 5) is 13.1. The fraction of sp³-hybridized carbons (Fsp3) is 0.344. The molecule has 2 aliphatic rings. The van der Waals surface area contributed by atoms with Gasteiger partial charge in [-0.25, -0.2) is 10.1 Å². The van der Waals surface area contributed by atoms with Crippen LogP contribution in [0, 0.1) is 0 Å². The van der Waals surface area contributed by atoms with Gasteiger partial charge < -0.3 is 19.1 Å². The molecule has 1 aliphatic carbocycles. The molecule has 0 amide bonds. The average molecular weight is 528 g/mol. The number of nitrogens with zero attached hydrogens (tertiary/aromatic N) is 3. The van der Waals surface area contributed by atoms with Gasteiger partial charge in [0.25, 0.3) is 0 Å². The first-order valence-electron chi connectivity index (χ1n) is 13.7. The summed E-state index contributed by atoms with van der Waals surface area (Å²) in [7, 11) is 3.35. The van der Waals surface area contributed by atoms with E-state index < -0.39 is 0 Å². The van der Waals surface area contributed by atoms with Crippen LogP contribution in [0.1, 0.15) is 44.6 Å². The van der Waals surface area contributed by atoms with Crippen molar-refractivity contribution in [2.75, 3.05) is 32.3 Å². The normalized spacial score (nSPS) is 18.2. The molecule has 0 atom stereocenters. The Hall–Kier alpha value is -3.97. The fourth-order valence-corrected chi connectivity index (χ4v) is 4.96. The highest BCUT2D eigenvalue weighted by atomic mass is 16.7. The van der Waals surface area contributed by atoms with Crippen LogP contribution in [0.15, 0.2) is 83.5 Å². The van der Waals surface area contributed by atoms with E-state index >= 15 is 0 Å². The minimum Gasteiger partial charge on any atom is -0.497 e. The monoisotopic (exact) mass is 527 g/mol. The van der Waals surface area contributed by atoms with Gasteiger partial charge >= 0.3 is 6.02 Å². The lowest BCUT2D eigenvalue weighted by Gasteiger charge is -2.30. The second kappa shape index (κ2) is 12.7. The predicted molar refractivity (Wildman–Crippen MR) is 156 cm³/mol. The topological polar surface area (TPSA) is 55.8 Å². The predicted octanol–water partition coefficient (Wildman–Crippen LogP) is 7.49. The van der Waals surface area contributed by atoms with E-state index in [-0.39, 0.29) is 0 Å². The Morgan fingerprint density at radius 3 is 1.87 bits per heavy atom. The number of benzene rings is 3. The van der Waals surface area contributed by atoms with E-state index in [1.807, 2.05) is 37.3 Å².